The largest absolute Gasteiger partial charge is 0.497 e. The van der Waals surface area contributed by atoms with Gasteiger partial charge in [0.1, 0.15) is 11.4 Å². The van der Waals surface area contributed by atoms with Gasteiger partial charge in [0.25, 0.3) is 11.8 Å². The molecule has 2 amide bonds. The molecule has 1 aromatic heterocycles. The van der Waals surface area contributed by atoms with E-state index in [1.807, 2.05) is 38.1 Å². The van der Waals surface area contributed by atoms with Gasteiger partial charge in [0.15, 0.2) is 0 Å². The molecule has 0 unspecified atom stereocenters. The minimum atomic E-state index is -0.329. The Balaban J connectivity index is 2.00. The van der Waals surface area contributed by atoms with E-state index in [1.54, 1.807) is 13.2 Å². The number of hydrogen-bond donors (Lipinski definition) is 2. The van der Waals surface area contributed by atoms with E-state index in [4.69, 9.17) is 4.74 Å². The minimum absolute atomic E-state index is 0.0259. The number of benzene rings is 1. The fourth-order valence-corrected chi connectivity index (χ4v) is 2.06. The van der Waals surface area contributed by atoms with Crippen LogP contribution >= 0.6 is 0 Å². The first-order valence-corrected chi connectivity index (χ1v) is 7.67. The van der Waals surface area contributed by atoms with Gasteiger partial charge in [-0.2, -0.15) is 0 Å². The van der Waals surface area contributed by atoms with Crippen LogP contribution in [-0.4, -0.2) is 29.9 Å². The molecule has 2 rings (SSSR count). The molecule has 0 aliphatic carbocycles. The molecule has 0 atom stereocenters. The molecular formula is C18H21N3O3. The molecule has 6 heteroatoms. The standard InChI is InChI=1S/C18H21N3O3/c1-12(2)21-17(22)14-8-9-19-16(10-14)18(23)20-11-13-4-6-15(24-3)7-5-13/h4-10,12H,11H2,1-3H3,(H,20,23)(H,21,22). The van der Waals surface area contributed by atoms with Gasteiger partial charge in [0.05, 0.1) is 7.11 Å². The maximum Gasteiger partial charge on any atom is 0.270 e. The number of ether oxygens (including phenoxy) is 1. The summed E-state index contributed by atoms with van der Waals surface area (Å²) in [6.07, 6.45) is 1.46. The first kappa shape index (κ1) is 17.5. The molecule has 0 saturated heterocycles. The molecule has 0 saturated carbocycles. The van der Waals surface area contributed by atoms with Gasteiger partial charge in [0, 0.05) is 24.3 Å². The molecule has 0 spiro atoms. The van der Waals surface area contributed by atoms with Gasteiger partial charge in [0.2, 0.25) is 0 Å². The highest BCUT2D eigenvalue weighted by molar-refractivity contribution is 5.98. The van der Waals surface area contributed by atoms with Gasteiger partial charge < -0.3 is 15.4 Å². The monoisotopic (exact) mass is 327 g/mol. The van der Waals surface area contributed by atoms with Gasteiger partial charge in [-0.3, -0.25) is 14.6 Å². The Hall–Kier alpha value is -2.89. The van der Waals surface area contributed by atoms with Crippen molar-refractivity contribution in [3.63, 3.8) is 0 Å². The van der Waals surface area contributed by atoms with Crippen LogP contribution < -0.4 is 15.4 Å². The smallest absolute Gasteiger partial charge is 0.270 e. The summed E-state index contributed by atoms with van der Waals surface area (Å²) in [6.45, 7) is 4.12. The van der Waals surface area contributed by atoms with Gasteiger partial charge in [-0.1, -0.05) is 12.1 Å². The quantitative estimate of drug-likeness (QED) is 0.852. The molecule has 0 aliphatic rings. The molecule has 24 heavy (non-hydrogen) atoms. The summed E-state index contributed by atoms with van der Waals surface area (Å²) in [6, 6.07) is 10.5. The first-order valence-electron chi connectivity index (χ1n) is 7.67. The van der Waals surface area contributed by atoms with E-state index in [0.29, 0.717) is 12.1 Å². The maximum absolute atomic E-state index is 12.2. The molecule has 0 bridgehead atoms. The predicted molar refractivity (Wildman–Crippen MR) is 91.0 cm³/mol. The van der Waals surface area contributed by atoms with Gasteiger partial charge >= 0.3 is 0 Å². The number of nitrogens with one attached hydrogen (secondary N) is 2. The fourth-order valence-electron chi connectivity index (χ4n) is 2.06. The van der Waals surface area contributed by atoms with Crippen LogP contribution in [0.15, 0.2) is 42.6 Å². The molecule has 1 heterocycles. The average Bonchev–Trinajstić information content (AvgIpc) is 2.59. The Morgan fingerprint density at radius 3 is 2.46 bits per heavy atom. The summed E-state index contributed by atoms with van der Waals surface area (Å²) in [7, 11) is 1.60. The molecule has 1 aromatic carbocycles. The van der Waals surface area contributed by atoms with E-state index in [1.165, 1.54) is 12.3 Å². The lowest BCUT2D eigenvalue weighted by Crippen LogP contribution is -2.30. The van der Waals surface area contributed by atoms with Gasteiger partial charge in [-0.25, -0.2) is 0 Å². The first-order chi connectivity index (χ1) is 11.5. The summed E-state index contributed by atoms with van der Waals surface area (Å²) in [5.74, 6) is 0.206. The zero-order valence-corrected chi connectivity index (χ0v) is 14.0. The predicted octanol–water partition coefficient (Wildman–Crippen LogP) is 2.16. The summed E-state index contributed by atoms with van der Waals surface area (Å²) < 4.78 is 5.09. The van der Waals surface area contributed by atoms with Crippen molar-refractivity contribution in [1.29, 1.82) is 0 Å². The second-order valence-electron chi connectivity index (χ2n) is 5.59. The number of pyridine rings is 1. The van der Waals surface area contributed by atoms with Crippen molar-refractivity contribution in [2.45, 2.75) is 26.4 Å². The lowest BCUT2D eigenvalue weighted by Gasteiger charge is -2.09. The van der Waals surface area contributed by atoms with E-state index in [-0.39, 0.29) is 23.6 Å². The molecule has 0 radical (unpaired) electrons. The number of methoxy groups -OCH3 is 1. The van der Waals surface area contributed by atoms with Crippen LogP contribution in [0.5, 0.6) is 5.75 Å². The molecule has 6 nitrogen and oxygen atoms in total. The fraction of sp³-hybridized carbons (Fsp3) is 0.278. The van der Waals surface area contributed by atoms with Crippen LogP contribution in [0.3, 0.4) is 0 Å². The number of amides is 2. The lowest BCUT2D eigenvalue weighted by atomic mass is 10.2. The number of aromatic nitrogens is 1. The summed E-state index contributed by atoms with van der Waals surface area (Å²) in [5.41, 5.74) is 1.56. The Morgan fingerprint density at radius 2 is 1.83 bits per heavy atom. The third-order valence-corrected chi connectivity index (χ3v) is 3.29. The van der Waals surface area contributed by atoms with E-state index in [2.05, 4.69) is 15.6 Å². The Kier molecular flexibility index (Phi) is 5.89. The zero-order chi connectivity index (χ0) is 17.5. The normalized spacial score (nSPS) is 10.3. The average molecular weight is 327 g/mol. The Labute approximate surface area is 141 Å². The summed E-state index contributed by atoms with van der Waals surface area (Å²) in [4.78, 5) is 28.2. The van der Waals surface area contributed by atoms with Crippen LogP contribution in [0, 0.1) is 0 Å². The number of hydrogen-bond acceptors (Lipinski definition) is 4. The van der Waals surface area contributed by atoms with E-state index < -0.39 is 0 Å². The zero-order valence-electron chi connectivity index (χ0n) is 14.0. The Morgan fingerprint density at radius 1 is 1.12 bits per heavy atom. The van der Waals surface area contributed by atoms with Crippen LogP contribution in [0.25, 0.3) is 0 Å². The number of rotatable bonds is 6. The van der Waals surface area contributed by atoms with Crippen LogP contribution in [0.2, 0.25) is 0 Å². The summed E-state index contributed by atoms with van der Waals surface area (Å²) >= 11 is 0. The van der Waals surface area contributed by atoms with Crippen molar-refractivity contribution in [3.05, 3.63) is 59.4 Å². The summed E-state index contributed by atoms with van der Waals surface area (Å²) in [5, 5.41) is 5.57. The van der Waals surface area contributed by atoms with E-state index >= 15 is 0 Å². The van der Waals surface area contributed by atoms with Crippen LogP contribution in [-0.2, 0) is 6.54 Å². The van der Waals surface area contributed by atoms with Crippen LogP contribution in [0.4, 0.5) is 0 Å². The topological polar surface area (TPSA) is 80.3 Å². The van der Waals surface area contributed by atoms with Gasteiger partial charge in [-0.15, -0.1) is 0 Å². The van der Waals surface area contributed by atoms with Crippen LogP contribution in [0.1, 0.15) is 40.3 Å². The highest BCUT2D eigenvalue weighted by Gasteiger charge is 2.12. The molecular weight excluding hydrogens is 306 g/mol. The second kappa shape index (κ2) is 8.10. The van der Waals surface area contributed by atoms with Crippen molar-refractivity contribution in [1.82, 2.24) is 15.6 Å². The molecule has 0 fully saturated rings. The molecule has 0 aliphatic heterocycles. The SMILES string of the molecule is COc1ccc(CNC(=O)c2cc(C(=O)NC(C)C)ccn2)cc1. The van der Waals surface area contributed by atoms with Crippen molar-refractivity contribution < 1.29 is 14.3 Å². The second-order valence-corrected chi connectivity index (χ2v) is 5.59. The number of nitrogens with zero attached hydrogens (tertiary/aromatic N) is 1. The third kappa shape index (κ3) is 4.81. The minimum Gasteiger partial charge on any atom is -0.497 e. The molecule has 126 valence electrons. The highest BCUT2D eigenvalue weighted by atomic mass is 16.5. The third-order valence-electron chi connectivity index (χ3n) is 3.29. The van der Waals surface area contributed by atoms with Crippen molar-refractivity contribution in [2.24, 2.45) is 0 Å². The maximum atomic E-state index is 12.2. The Bertz CT molecular complexity index is 712. The number of carbonyl (C=O) groups is 2. The number of carbonyl (C=O) groups excluding carboxylic acids is 2. The van der Waals surface area contributed by atoms with Crippen molar-refractivity contribution in [3.8, 4) is 5.75 Å². The van der Waals surface area contributed by atoms with Crippen molar-refractivity contribution >= 4 is 11.8 Å². The lowest BCUT2D eigenvalue weighted by molar-refractivity contribution is 0.0943. The van der Waals surface area contributed by atoms with Gasteiger partial charge in [-0.05, 0) is 43.7 Å². The van der Waals surface area contributed by atoms with E-state index in [0.717, 1.165) is 11.3 Å². The van der Waals surface area contributed by atoms with Crippen molar-refractivity contribution in [2.75, 3.05) is 7.11 Å². The molecule has 2 aromatic rings. The highest BCUT2D eigenvalue weighted by Crippen LogP contribution is 2.11. The van der Waals surface area contributed by atoms with E-state index in [9.17, 15) is 9.59 Å². The molecule has 2 N–H and O–H groups in total.